The van der Waals surface area contributed by atoms with E-state index < -0.39 is 47.7 Å². The zero-order valence-electron chi connectivity index (χ0n) is 14.0. The van der Waals surface area contributed by atoms with Crippen LogP contribution in [0.15, 0.2) is 36.4 Å². The van der Waals surface area contributed by atoms with E-state index in [2.05, 4.69) is 0 Å². The largest absolute Gasteiger partial charge is 0.479 e. The number of amides is 1. The molecule has 0 aliphatic rings. The molecule has 1 amide bonds. The van der Waals surface area contributed by atoms with Crippen LogP contribution in [0.4, 0.5) is 18.9 Å². The first kappa shape index (κ1) is 19.8. The molecule has 0 saturated carbocycles. The minimum absolute atomic E-state index is 0.312. The number of hydrogen-bond donors (Lipinski definition) is 1. The fourth-order valence-corrected chi connectivity index (χ4v) is 1.92. The molecule has 1 N–H and O–H groups in total. The summed E-state index contributed by atoms with van der Waals surface area (Å²) in [6.07, 6.45) is -1.06. The molecule has 1 atom stereocenters. The number of nitrogens with one attached hydrogen (secondary N) is 1. The topological polar surface area (TPSA) is 88.4 Å². The summed E-state index contributed by atoms with van der Waals surface area (Å²) in [5.41, 5.74) is -0.171. The summed E-state index contributed by atoms with van der Waals surface area (Å²) in [6, 6.07) is 9.38. The van der Waals surface area contributed by atoms with Gasteiger partial charge in [0.15, 0.2) is 30.2 Å². The van der Waals surface area contributed by atoms with Crippen LogP contribution in [0, 0.1) is 28.8 Å². The summed E-state index contributed by atoms with van der Waals surface area (Å²) >= 11 is 0. The van der Waals surface area contributed by atoms with E-state index >= 15 is 0 Å². The van der Waals surface area contributed by atoms with E-state index in [4.69, 9.17) is 14.7 Å². The van der Waals surface area contributed by atoms with Gasteiger partial charge in [0, 0.05) is 0 Å². The molecule has 27 heavy (non-hydrogen) atoms. The number of anilines is 1. The van der Waals surface area contributed by atoms with Crippen molar-refractivity contribution in [2.75, 3.05) is 11.9 Å². The van der Waals surface area contributed by atoms with Crippen molar-refractivity contribution in [3.8, 4) is 11.8 Å². The van der Waals surface area contributed by atoms with Gasteiger partial charge in [0.05, 0.1) is 17.3 Å². The van der Waals surface area contributed by atoms with Gasteiger partial charge in [-0.3, -0.25) is 4.79 Å². The molecule has 0 bridgehead atoms. The maximum atomic E-state index is 13.5. The molecule has 2 aromatic rings. The fraction of sp³-hybridized carbons (Fsp3) is 0.167. The molecule has 0 radical (unpaired) electrons. The second kappa shape index (κ2) is 8.71. The molecule has 0 aliphatic heterocycles. The minimum Gasteiger partial charge on any atom is -0.479 e. The lowest BCUT2D eigenvalue weighted by Crippen LogP contribution is -2.30. The Morgan fingerprint density at radius 2 is 1.78 bits per heavy atom. The molecule has 0 aliphatic carbocycles. The van der Waals surface area contributed by atoms with Gasteiger partial charge in [-0.05, 0) is 43.3 Å². The van der Waals surface area contributed by atoms with E-state index in [-0.39, 0.29) is 0 Å². The quantitative estimate of drug-likeness (QED) is 0.617. The Bertz CT molecular complexity index is 895. The summed E-state index contributed by atoms with van der Waals surface area (Å²) in [7, 11) is 0. The maximum absolute atomic E-state index is 13.5. The van der Waals surface area contributed by atoms with E-state index in [0.29, 0.717) is 17.4 Å². The number of rotatable bonds is 6. The van der Waals surface area contributed by atoms with Gasteiger partial charge in [0.2, 0.25) is 0 Å². The van der Waals surface area contributed by atoms with Gasteiger partial charge in [-0.25, -0.2) is 18.0 Å². The number of nitrogens with zero attached hydrogens (tertiary/aromatic N) is 1. The van der Waals surface area contributed by atoms with Crippen LogP contribution >= 0.6 is 0 Å². The SMILES string of the molecule is C[C@@H](Oc1ccc(C#N)cc1)C(=O)OCC(=O)Nc1ccc(F)c(F)c1F. The lowest BCUT2D eigenvalue weighted by atomic mass is 10.2. The average molecular weight is 378 g/mol. The molecule has 2 rings (SSSR count). The van der Waals surface area contributed by atoms with Crippen molar-refractivity contribution < 1.29 is 32.2 Å². The molecule has 6 nitrogen and oxygen atoms in total. The van der Waals surface area contributed by atoms with Crippen LogP contribution < -0.4 is 10.1 Å². The standard InChI is InChI=1S/C18H13F3N2O4/c1-10(27-12-4-2-11(8-22)3-5-12)18(25)26-9-15(24)23-14-7-6-13(19)16(20)17(14)21/h2-7,10H,9H2,1H3,(H,23,24)/t10-/m1/s1. The van der Waals surface area contributed by atoms with Crippen LogP contribution in [0.5, 0.6) is 5.75 Å². The number of esters is 1. The van der Waals surface area contributed by atoms with E-state index in [9.17, 15) is 22.8 Å². The molecule has 140 valence electrons. The highest BCUT2D eigenvalue weighted by molar-refractivity contribution is 5.93. The highest BCUT2D eigenvalue weighted by Crippen LogP contribution is 2.19. The maximum Gasteiger partial charge on any atom is 0.347 e. The Kier molecular flexibility index (Phi) is 6.38. The number of carbonyl (C=O) groups is 2. The number of halogens is 3. The molecule has 0 unspecified atom stereocenters. The van der Waals surface area contributed by atoms with Gasteiger partial charge in [0.1, 0.15) is 5.75 Å². The van der Waals surface area contributed by atoms with E-state index in [1.54, 1.807) is 0 Å². The molecule has 0 saturated heterocycles. The summed E-state index contributed by atoms with van der Waals surface area (Å²) < 4.78 is 49.4. The first-order valence-electron chi connectivity index (χ1n) is 7.58. The first-order chi connectivity index (χ1) is 12.8. The normalized spacial score (nSPS) is 11.2. The monoisotopic (exact) mass is 378 g/mol. The predicted molar refractivity (Wildman–Crippen MR) is 87.2 cm³/mol. The predicted octanol–water partition coefficient (Wildman–Crippen LogP) is 2.92. The van der Waals surface area contributed by atoms with Crippen LogP contribution in [0.2, 0.25) is 0 Å². The third-order valence-electron chi connectivity index (χ3n) is 3.28. The molecule has 9 heteroatoms. The van der Waals surface area contributed by atoms with Gasteiger partial charge < -0.3 is 14.8 Å². The summed E-state index contributed by atoms with van der Waals surface area (Å²) in [4.78, 5) is 23.5. The number of nitriles is 1. The van der Waals surface area contributed by atoms with E-state index in [1.165, 1.54) is 31.2 Å². The van der Waals surface area contributed by atoms with Gasteiger partial charge in [-0.2, -0.15) is 5.26 Å². The van der Waals surface area contributed by atoms with Crippen LogP contribution in [0.1, 0.15) is 12.5 Å². The summed E-state index contributed by atoms with van der Waals surface area (Å²) in [5.74, 6) is -6.20. The third-order valence-corrected chi connectivity index (χ3v) is 3.28. The lowest BCUT2D eigenvalue weighted by Gasteiger charge is -2.14. The van der Waals surface area contributed by atoms with Crippen LogP contribution in [-0.4, -0.2) is 24.6 Å². The van der Waals surface area contributed by atoms with Crippen LogP contribution in [0.3, 0.4) is 0 Å². The Morgan fingerprint density at radius 1 is 1.11 bits per heavy atom. The smallest absolute Gasteiger partial charge is 0.347 e. The number of hydrogen-bond acceptors (Lipinski definition) is 5. The van der Waals surface area contributed by atoms with Crippen LogP contribution in [-0.2, 0) is 14.3 Å². The van der Waals surface area contributed by atoms with Crippen molar-refractivity contribution in [1.82, 2.24) is 0 Å². The van der Waals surface area contributed by atoms with E-state index in [1.807, 2.05) is 11.4 Å². The zero-order chi connectivity index (χ0) is 20.0. The van der Waals surface area contributed by atoms with Crippen molar-refractivity contribution in [3.63, 3.8) is 0 Å². The van der Waals surface area contributed by atoms with Crippen molar-refractivity contribution in [2.24, 2.45) is 0 Å². The highest BCUT2D eigenvalue weighted by atomic mass is 19.2. The van der Waals surface area contributed by atoms with E-state index in [0.717, 1.165) is 6.07 Å². The van der Waals surface area contributed by atoms with Crippen molar-refractivity contribution in [3.05, 3.63) is 59.4 Å². The Balaban J connectivity index is 1.86. The first-order valence-corrected chi connectivity index (χ1v) is 7.58. The molecule has 2 aromatic carbocycles. The van der Waals surface area contributed by atoms with Gasteiger partial charge in [-0.1, -0.05) is 0 Å². The minimum atomic E-state index is -1.73. The Morgan fingerprint density at radius 3 is 2.41 bits per heavy atom. The van der Waals surface area contributed by atoms with Crippen molar-refractivity contribution in [1.29, 1.82) is 5.26 Å². The summed E-state index contributed by atoms with van der Waals surface area (Å²) in [6.45, 7) is 0.603. The molecule has 0 spiro atoms. The third kappa shape index (κ3) is 5.22. The Labute approximate surface area is 152 Å². The van der Waals surface area contributed by atoms with Gasteiger partial charge in [0.25, 0.3) is 5.91 Å². The van der Waals surface area contributed by atoms with Gasteiger partial charge in [-0.15, -0.1) is 0 Å². The zero-order valence-corrected chi connectivity index (χ0v) is 14.0. The highest BCUT2D eigenvalue weighted by Gasteiger charge is 2.19. The number of benzene rings is 2. The number of ether oxygens (including phenoxy) is 2. The van der Waals surface area contributed by atoms with Crippen molar-refractivity contribution in [2.45, 2.75) is 13.0 Å². The number of carbonyl (C=O) groups excluding carboxylic acids is 2. The molecular weight excluding hydrogens is 365 g/mol. The van der Waals surface area contributed by atoms with Crippen LogP contribution in [0.25, 0.3) is 0 Å². The molecular formula is C18H13F3N2O4. The molecule has 0 heterocycles. The second-order valence-corrected chi connectivity index (χ2v) is 5.28. The van der Waals surface area contributed by atoms with Crippen molar-refractivity contribution >= 4 is 17.6 Å². The molecule has 0 aromatic heterocycles. The average Bonchev–Trinajstić information content (AvgIpc) is 2.67. The second-order valence-electron chi connectivity index (χ2n) is 5.28. The fourth-order valence-electron chi connectivity index (χ4n) is 1.92. The Hall–Kier alpha value is -3.54. The molecule has 0 fully saturated rings. The summed E-state index contributed by atoms with van der Waals surface area (Å²) in [5, 5.41) is 10.7. The lowest BCUT2D eigenvalue weighted by molar-refractivity contribution is -0.153. The van der Waals surface area contributed by atoms with Gasteiger partial charge >= 0.3 is 5.97 Å².